The molecule has 0 aromatic heterocycles. The largest absolute Gasteiger partial charge is 0.414 e. The van der Waals surface area contributed by atoms with Crippen LogP contribution in [0.15, 0.2) is 24.3 Å². The summed E-state index contributed by atoms with van der Waals surface area (Å²) in [6, 6.07) is 11.9. The highest BCUT2D eigenvalue weighted by Gasteiger charge is 2.30. The number of ether oxygens (including phenoxy) is 1. The van der Waals surface area contributed by atoms with Crippen molar-refractivity contribution in [3.05, 3.63) is 35.4 Å². The van der Waals surface area contributed by atoms with Crippen LogP contribution in [0.5, 0.6) is 0 Å². The van der Waals surface area contributed by atoms with E-state index in [-0.39, 0.29) is 6.10 Å². The van der Waals surface area contributed by atoms with E-state index in [1.807, 2.05) is 26.0 Å². The van der Waals surface area contributed by atoms with Crippen molar-refractivity contribution in [3.63, 3.8) is 0 Å². The molecule has 0 amide bonds. The molecule has 0 aliphatic rings. The van der Waals surface area contributed by atoms with Crippen LogP contribution >= 0.6 is 0 Å². The summed E-state index contributed by atoms with van der Waals surface area (Å²) in [4.78, 5) is 0. The Morgan fingerprint density at radius 1 is 1.00 bits per heavy atom. The molecule has 0 aliphatic carbocycles. The van der Waals surface area contributed by atoms with E-state index in [1.165, 1.54) is 23.7 Å². The monoisotopic (exact) mass is 354 g/mol. The topological polar surface area (TPSA) is 38.7 Å². The number of benzene rings is 1. The van der Waals surface area contributed by atoms with Gasteiger partial charge in [-0.1, -0.05) is 45.0 Å². The van der Waals surface area contributed by atoms with Crippen LogP contribution < -0.4 is 0 Å². The molecular formula is C20H38O3Si. The Balaban J connectivity index is 0.00000163. The van der Waals surface area contributed by atoms with Gasteiger partial charge in [-0.2, -0.15) is 0 Å². The molecule has 0 heterocycles. The highest BCUT2D eigenvalue weighted by molar-refractivity contribution is 6.73. The molecule has 0 fully saturated rings. The number of hydrogen-bond donors (Lipinski definition) is 1. The summed E-state index contributed by atoms with van der Waals surface area (Å²) in [5, 5.41) is 9.99. The summed E-state index contributed by atoms with van der Waals surface area (Å²) >= 11 is 0. The predicted molar refractivity (Wildman–Crippen MR) is 106 cm³/mol. The van der Waals surface area contributed by atoms with Crippen molar-refractivity contribution in [2.45, 2.75) is 77.8 Å². The lowest BCUT2D eigenvalue weighted by Gasteiger charge is -2.32. The average molecular weight is 355 g/mol. The summed E-state index contributed by atoms with van der Waals surface area (Å²) in [7, 11) is 1.73. The molecule has 0 saturated heterocycles. The maximum Gasteiger partial charge on any atom is 0.192 e. The molecule has 0 saturated carbocycles. The summed E-state index contributed by atoms with van der Waals surface area (Å²) in [6.07, 6.45) is 1.21. The Morgan fingerprint density at radius 2 is 1.42 bits per heavy atom. The predicted octanol–water partition coefficient (Wildman–Crippen LogP) is 5.13. The van der Waals surface area contributed by atoms with Gasteiger partial charge >= 0.3 is 0 Å². The average Bonchev–Trinajstić information content (AvgIpc) is 2.53. The highest BCUT2D eigenvalue weighted by atomic mass is 28.4. The Hall–Kier alpha value is -0.683. The summed E-state index contributed by atoms with van der Waals surface area (Å²) in [5.74, 6) is 0. The Labute approximate surface area is 150 Å². The summed E-state index contributed by atoms with van der Waals surface area (Å²) < 4.78 is 10.7. The van der Waals surface area contributed by atoms with Crippen molar-refractivity contribution in [3.8, 4) is 0 Å². The van der Waals surface area contributed by atoms with Gasteiger partial charge in [0.2, 0.25) is 0 Å². The fourth-order valence-corrected chi connectivity index (χ4v) is 5.79. The molecule has 1 unspecified atom stereocenters. The third-order valence-corrected chi connectivity index (χ3v) is 9.34. The molecule has 0 radical (unpaired) electrons. The second-order valence-electron chi connectivity index (χ2n) is 7.04. The van der Waals surface area contributed by atoms with E-state index < -0.39 is 13.9 Å². The van der Waals surface area contributed by atoms with Crippen molar-refractivity contribution in [1.82, 2.24) is 0 Å². The molecule has 3 nitrogen and oxygen atoms in total. The van der Waals surface area contributed by atoms with Crippen LogP contribution in [0.2, 0.25) is 18.1 Å². The highest BCUT2D eigenvalue weighted by Crippen LogP contribution is 2.25. The lowest BCUT2D eigenvalue weighted by molar-refractivity contribution is 0.0786. The van der Waals surface area contributed by atoms with Crippen LogP contribution in [-0.4, -0.2) is 33.7 Å². The Morgan fingerprint density at radius 3 is 1.75 bits per heavy atom. The van der Waals surface area contributed by atoms with Gasteiger partial charge in [0.15, 0.2) is 8.32 Å². The molecule has 1 aromatic rings. The first-order chi connectivity index (χ1) is 11.2. The summed E-state index contributed by atoms with van der Waals surface area (Å²) in [6.45, 7) is 12.6. The van der Waals surface area contributed by atoms with E-state index in [1.54, 1.807) is 14.2 Å². The van der Waals surface area contributed by atoms with Crippen molar-refractivity contribution < 1.29 is 14.3 Å². The lowest BCUT2D eigenvalue weighted by Crippen LogP contribution is -2.39. The van der Waals surface area contributed by atoms with Gasteiger partial charge in [-0.15, -0.1) is 0 Å². The fourth-order valence-electron chi connectivity index (χ4n) is 2.85. The number of methoxy groups -OCH3 is 1. The first kappa shape index (κ1) is 23.3. The third kappa shape index (κ3) is 7.93. The van der Waals surface area contributed by atoms with Gasteiger partial charge in [0, 0.05) is 20.3 Å². The normalized spacial score (nSPS) is 13.2. The molecule has 0 aliphatic heterocycles. The van der Waals surface area contributed by atoms with Gasteiger partial charge in [0.1, 0.15) is 0 Å². The maximum absolute atomic E-state index is 9.99. The van der Waals surface area contributed by atoms with Crippen molar-refractivity contribution in [2.75, 3.05) is 14.2 Å². The number of aliphatic hydroxyl groups is 1. The quantitative estimate of drug-likeness (QED) is 0.658. The van der Waals surface area contributed by atoms with Crippen molar-refractivity contribution >= 4 is 8.32 Å². The van der Waals surface area contributed by atoms with Crippen LogP contribution in [0.1, 0.15) is 52.7 Å². The number of rotatable bonds is 8. The molecule has 1 aromatic carbocycles. The zero-order valence-corrected chi connectivity index (χ0v) is 18.0. The van der Waals surface area contributed by atoms with E-state index in [2.05, 4.69) is 44.6 Å². The van der Waals surface area contributed by atoms with Crippen LogP contribution in [-0.2, 0) is 21.2 Å². The van der Waals surface area contributed by atoms with Gasteiger partial charge in [-0.25, -0.2) is 0 Å². The molecule has 0 spiro atoms. The van der Waals surface area contributed by atoms with Crippen molar-refractivity contribution in [2.24, 2.45) is 0 Å². The van der Waals surface area contributed by atoms with Gasteiger partial charge in [-0.3, -0.25) is 0 Å². The second kappa shape index (κ2) is 11.0. The summed E-state index contributed by atoms with van der Waals surface area (Å²) in [5.41, 5.74) is 1.47. The van der Waals surface area contributed by atoms with Gasteiger partial charge in [0.25, 0.3) is 0 Å². The standard InChI is InChI=1S/C18H32O2Si.C2H6O/c1-7-21(8-2,9-3)20-15(4)14-16-10-12-17(13-11-16)18(5,6)19;1-3-2/h10-13,15,19H,7-9,14H2,1-6H3;1-2H3. The lowest BCUT2D eigenvalue weighted by atomic mass is 9.96. The van der Waals surface area contributed by atoms with E-state index in [0.717, 1.165) is 12.0 Å². The first-order valence-corrected chi connectivity index (χ1v) is 11.6. The molecule has 1 N–H and O–H groups in total. The number of hydrogen-bond acceptors (Lipinski definition) is 3. The molecule has 0 bridgehead atoms. The van der Waals surface area contributed by atoms with Gasteiger partial charge in [-0.05, 0) is 56.5 Å². The van der Waals surface area contributed by atoms with Crippen LogP contribution in [0.25, 0.3) is 0 Å². The molecule has 1 rings (SSSR count). The fraction of sp³-hybridized carbons (Fsp3) is 0.700. The van der Waals surface area contributed by atoms with Crippen molar-refractivity contribution in [1.29, 1.82) is 0 Å². The van der Waals surface area contributed by atoms with Gasteiger partial charge < -0.3 is 14.3 Å². The molecule has 140 valence electrons. The van der Waals surface area contributed by atoms with E-state index in [9.17, 15) is 5.11 Å². The smallest absolute Gasteiger partial charge is 0.192 e. The van der Waals surface area contributed by atoms with Crippen LogP contribution in [0.4, 0.5) is 0 Å². The Kier molecular flexibility index (Phi) is 10.7. The first-order valence-electron chi connectivity index (χ1n) is 9.07. The zero-order chi connectivity index (χ0) is 18.8. The molecule has 24 heavy (non-hydrogen) atoms. The molecule has 1 atom stereocenters. The third-order valence-electron chi connectivity index (χ3n) is 4.57. The molecule has 4 heteroatoms. The minimum Gasteiger partial charge on any atom is -0.414 e. The van der Waals surface area contributed by atoms with E-state index in [0.29, 0.717) is 0 Å². The van der Waals surface area contributed by atoms with Crippen LogP contribution in [0, 0.1) is 0 Å². The minimum absolute atomic E-state index is 0.268. The Bertz CT molecular complexity index is 425. The molecular weight excluding hydrogens is 316 g/mol. The zero-order valence-electron chi connectivity index (χ0n) is 17.0. The van der Waals surface area contributed by atoms with Gasteiger partial charge in [0.05, 0.1) is 5.60 Å². The minimum atomic E-state index is -1.52. The van der Waals surface area contributed by atoms with Crippen LogP contribution in [0.3, 0.4) is 0 Å². The van der Waals surface area contributed by atoms with E-state index >= 15 is 0 Å². The second-order valence-corrected chi connectivity index (χ2v) is 11.8. The maximum atomic E-state index is 9.99. The SMILES string of the molecule is CC[Si](CC)(CC)OC(C)Cc1ccc(C(C)(C)O)cc1.COC. The van der Waals surface area contributed by atoms with E-state index in [4.69, 9.17) is 4.43 Å².